The second kappa shape index (κ2) is 7.72. The van der Waals surface area contributed by atoms with Gasteiger partial charge in [0.15, 0.2) is 6.10 Å². The van der Waals surface area contributed by atoms with Crippen LogP contribution in [0.4, 0.5) is 0 Å². The SMILES string of the molecule is C[C@@H]1CN(C(=O)c2ccccc2Sc2ccccc2)CC(C(=O)O)O1. The fraction of sp³-hybridized carbons (Fsp3) is 0.263. The molecule has 1 aliphatic heterocycles. The van der Waals surface area contributed by atoms with Crippen molar-refractivity contribution in [2.24, 2.45) is 0 Å². The van der Waals surface area contributed by atoms with Gasteiger partial charge in [0.2, 0.25) is 0 Å². The fourth-order valence-corrected chi connectivity index (χ4v) is 3.73. The second-order valence-corrected chi connectivity index (χ2v) is 7.01. The maximum atomic E-state index is 13.0. The Bertz CT molecular complexity index is 765. The molecule has 2 aromatic carbocycles. The number of carboxylic acids is 1. The van der Waals surface area contributed by atoms with E-state index in [0.29, 0.717) is 12.1 Å². The highest BCUT2D eigenvalue weighted by atomic mass is 32.2. The molecule has 3 rings (SSSR count). The molecule has 1 fully saturated rings. The summed E-state index contributed by atoms with van der Waals surface area (Å²) in [6, 6.07) is 17.2. The van der Waals surface area contributed by atoms with Crippen molar-refractivity contribution in [2.45, 2.75) is 28.9 Å². The zero-order valence-corrected chi connectivity index (χ0v) is 14.6. The molecule has 6 heteroatoms. The highest BCUT2D eigenvalue weighted by molar-refractivity contribution is 7.99. The van der Waals surface area contributed by atoms with Crippen molar-refractivity contribution < 1.29 is 19.4 Å². The highest BCUT2D eigenvalue weighted by Gasteiger charge is 2.33. The van der Waals surface area contributed by atoms with Gasteiger partial charge in [-0.3, -0.25) is 4.79 Å². The van der Waals surface area contributed by atoms with Gasteiger partial charge < -0.3 is 14.7 Å². The van der Waals surface area contributed by atoms with Crippen molar-refractivity contribution in [3.63, 3.8) is 0 Å². The minimum absolute atomic E-state index is 0.0584. The maximum absolute atomic E-state index is 13.0. The molecule has 2 atom stereocenters. The summed E-state index contributed by atoms with van der Waals surface area (Å²) >= 11 is 1.52. The molecule has 1 saturated heterocycles. The summed E-state index contributed by atoms with van der Waals surface area (Å²) in [6.45, 7) is 2.22. The first-order valence-electron chi connectivity index (χ1n) is 8.04. The first-order chi connectivity index (χ1) is 12.0. The van der Waals surface area contributed by atoms with Gasteiger partial charge in [-0.15, -0.1) is 0 Å². The molecule has 1 aliphatic rings. The summed E-state index contributed by atoms with van der Waals surface area (Å²) in [4.78, 5) is 27.7. The van der Waals surface area contributed by atoms with Crippen LogP contribution in [0.15, 0.2) is 64.4 Å². The number of aliphatic carboxylic acids is 1. The van der Waals surface area contributed by atoms with Gasteiger partial charge >= 0.3 is 5.97 Å². The van der Waals surface area contributed by atoms with Crippen LogP contribution in [0.25, 0.3) is 0 Å². The number of carbonyl (C=O) groups excluding carboxylic acids is 1. The van der Waals surface area contributed by atoms with E-state index in [0.717, 1.165) is 9.79 Å². The smallest absolute Gasteiger partial charge is 0.334 e. The van der Waals surface area contributed by atoms with Gasteiger partial charge in [0.1, 0.15) is 0 Å². The number of carboxylic acid groups (broad SMARTS) is 1. The molecule has 1 unspecified atom stereocenters. The Labute approximate surface area is 150 Å². The van der Waals surface area contributed by atoms with E-state index in [1.807, 2.05) is 48.5 Å². The number of ether oxygens (including phenoxy) is 1. The molecule has 2 aromatic rings. The number of carbonyl (C=O) groups is 2. The molecule has 0 aromatic heterocycles. The Morgan fingerprint density at radius 3 is 2.48 bits per heavy atom. The van der Waals surface area contributed by atoms with Crippen LogP contribution < -0.4 is 0 Å². The quantitative estimate of drug-likeness (QED) is 0.910. The Kier molecular flexibility index (Phi) is 5.40. The van der Waals surface area contributed by atoms with Crippen molar-refractivity contribution >= 4 is 23.6 Å². The van der Waals surface area contributed by atoms with Gasteiger partial charge in [-0.2, -0.15) is 0 Å². The lowest BCUT2D eigenvalue weighted by molar-refractivity contribution is -0.160. The number of nitrogens with zero attached hydrogens (tertiary/aromatic N) is 1. The zero-order chi connectivity index (χ0) is 17.8. The summed E-state index contributed by atoms with van der Waals surface area (Å²) in [5, 5.41) is 9.21. The highest BCUT2D eigenvalue weighted by Crippen LogP contribution is 2.31. The number of morpholine rings is 1. The first kappa shape index (κ1) is 17.5. The molecular weight excluding hydrogens is 338 g/mol. The van der Waals surface area contributed by atoms with Crippen LogP contribution in [0.2, 0.25) is 0 Å². The van der Waals surface area contributed by atoms with E-state index in [1.165, 1.54) is 11.8 Å². The molecular formula is C19H19NO4S. The van der Waals surface area contributed by atoms with Gasteiger partial charge in [-0.1, -0.05) is 42.1 Å². The third kappa shape index (κ3) is 4.21. The van der Waals surface area contributed by atoms with Crippen LogP contribution in [0.5, 0.6) is 0 Å². The van der Waals surface area contributed by atoms with Gasteiger partial charge in [0, 0.05) is 16.3 Å². The molecule has 1 amide bonds. The Morgan fingerprint density at radius 1 is 1.08 bits per heavy atom. The van der Waals surface area contributed by atoms with Gasteiger partial charge in [0.25, 0.3) is 5.91 Å². The van der Waals surface area contributed by atoms with Crippen LogP contribution in [-0.4, -0.2) is 47.2 Å². The fourth-order valence-electron chi connectivity index (χ4n) is 2.77. The standard InChI is InChI=1S/C19H19NO4S/c1-13-11-20(12-16(24-13)19(22)23)18(21)15-9-5-6-10-17(15)25-14-7-3-2-4-8-14/h2-10,13,16H,11-12H2,1H3,(H,22,23)/t13-,16?/m1/s1. The lowest BCUT2D eigenvalue weighted by Crippen LogP contribution is -2.51. The number of benzene rings is 2. The summed E-state index contributed by atoms with van der Waals surface area (Å²) in [5.74, 6) is -1.21. The van der Waals surface area contributed by atoms with E-state index in [9.17, 15) is 14.7 Å². The summed E-state index contributed by atoms with van der Waals surface area (Å²) in [5.41, 5.74) is 0.578. The molecule has 0 spiro atoms. The van der Waals surface area contributed by atoms with E-state index in [-0.39, 0.29) is 18.6 Å². The van der Waals surface area contributed by atoms with Crippen LogP contribution in [0.3, 0.4) is 0 Å². The van der Waals surface area contributed by atoms with Crippen molar-refractivity contribution in [3.05, 3.63) is 60.2 Å². The van der Waals surface area contributed by atoms with Gasteiger partial charge in [-0.25, -0.2) is 4.79 Å². The Morgan fingerprint density at radius 2 is 1.76 bits per heavy atom. The molecule has 25 heavy (non-hydrogen) atoms. The van der Waals surface area contributed by atoms with E-state index >= 15 is 0 Å². The average molecular weight is 357 g/mol. The average Bonchev–Trinajstić information content (AvgIpc) is 2.62. The van der Waals surface area contributed by atoms with Crippen molar-refractivity contribution in [1.29, 1.82) is 0 Å². The van der Waals surface area contributed by atoms with Crippen molar-refractivity contribution in [1.82, 2.24) is 4.90 Å². The predicted molar refractivity (Wildman–Crippen MR) is 94.9 cm³/mol. The van der Waals surface area contributed by atoms with Crippen LogP contribution in [0.1, 0.15) is 17.3 Å². The third-order valence-corrected chi connectivity index (χ3v) is 5.00. The predicted octanol–water partition coefficient (Wildman–Crippen LogP) is 3.15. The molecule has 0 saturated carbocycles. The minimum atomic E-state index is -1.05. The lowest BCUT2D eigenvalue weighted by Gasteiger charge is -2.35. The summed E-state index contributed by atoms with van der Waals surface area (Å²) in [7, 11) is 0. The topological polar surface area (TPSA) is 66.8 Å². The Hall–Kier alpha value is -2.31. The molecule has 0 bridgehead atoms. The van der Waals surface area contributed by atoms with E-state index in [2.05, 4.69) is 0 Å². The zero-order valence-electron chi connectivity index (χ0n) is 13.8. The summed E-state index contributed by atoms with van der Waals surface area (Å²) < 4.78 is 5.39. The van der Waals surface area contributed by atoms with E-state index in [1.54, 1.807) is 17.9 Å². The molecule has 1 heterocycles. The summed E-state index contributed by atoms with van der Waals surface area (Å²) in [6.07, 6.45) is -1.30. The van der Waals surface area contributed by atoms with E-state index < -0.39 is 12.1 Å². The number of hydrogen-bond donors (Lipinski definition) is 1. The molecule has 5 nitrogen and oxygen atoms in total. The number of hydrogen-bond acceptors (Lipinski definition) is 4. The first-order valence-corrected chi connectivity index (χ1v) is 8.85. The Balaban J connectivity index is 1.83. The number of amides is 1. The third-order valence-electron chi connectivity index (χ3n) is 3.91. The maximum Gasteiger partial charge on any atom is 0.334 e. The van der Waals surface area contributed by atoms with Crippen LogP contribution in [-0.2, 0) is 9.53 Å². The monoisotopic (exact) mass is 357 g/mol. The van der Waals surface area contributed by atoms with Crippen molar-refractivity contribution in [2.75, 3.05) is 13.1 Å². The largest absolute Gasteiger partial charge is 0.479 e. The van der Waals surface area contributed by atoms with Crippen molar-refractivity contribution in [3.8, 4) is 0 Å². The molecule has 1 N–H and O–H groups in total. The lowest BCUT2D eigenvalue weighted by atomic mass is 10.1. The second-order valence-electron chi connectivity index (χ2n) is 5.89. The van der Waals surface area contributed by atoms with Gasteiger partial charge in [0.05, 0.1) is 18.2 Å². The normalized spacial score (nSPS) is 20.3. The molecule has 0 aliphatic carbocycles. The number of rotatable bonds is 4. The van der Waals surface area contributed by atoms with Gasteiger partial charge in [-0.05, 0) is 31.2 Å². The van der Waals surface area contributed by atoms with Crippen LogP contribution in [0, 0.1) is 0 Å². The van der Waals surface area contributed by atoms with E-state index in [4.69, 9.17) is 4.74 Å². The molecule has 130 valence electrons. The minimum Gasteiger partial charge on any atom is -0.479 e. The molecule has 0 radical (unpaired) electrons. The van der Waals surface area contributed by atoms with Crippen LogP contribution >= 0.6 is 11.8 Å².